The summed E-state index contributed by atoms with van der Waals surface area (Å²) >= 11 is 0. The van der Waals surface area contributed by atoms with Crippen LogP contribution in [0.25, 0.3) is 0 Å². The first kappa shape index (κ1) is 16.9. The molecular weight excluding hydrogens is 316 g/mol. The standard InChI is InChI=1S/C20H28N2O3/c23-17-5-1-2-6-18(17)25-16-9-7-15(8-10-16)22-19(24)20-11-3-4-14(20)12-21-13-20/h7-10,14,17-18,21,23H,1-6,11-13H2,(H,22,24)/t14-,17?,18?,20-/m1/s1. The maximum atomic E-state index is 12.8. The number of carbonyl (C=O) groups is 1. The van der Waals surface area contributed by atoms with Gasteiger partial charge in [-0.05, 0) is 68.8 Å². The zero-order valence-electron chi connectivity index (χ0n) is 14.7. The minimum atomic E-state index is -0.374. The van der Waals surface area contributed by atoms with Crippen LogP contribution in [-0.2, 0) is 4.79 Å². The molecule has 1 aliphatic heterocycles. The average Bonchev–Trinajstić information content (AvgIpc) is 3.19. The molecule has 0 spiro atoms. The van der Waals surface area contributed by atoms with Crippen LogP contribution in [0.4, 0.5) is 5.69 Å². The van der Waals surface area contributed by atoms with E-state index in [1.165, 1.54) is 0 Å². The maximum Gasteiger partial charge on any atom is 0.232 e. The van der Waals surface area contributed by atoms with Crippen LogP contribution >= 0.6 is 0 Å². The highest BCUT2D eigenvalue weighted by Crippen LogP contribution is 2.46. The van der Waals surface area contributed by atoms with E-state index in [0.29, 0.717) is 5.92 Å². The Labute approximate surface area is 149 Å². The molecule has 5 heteroatoms. The Balaban J connectivity index is 1.38. The van der Waals surface area contributed by atoms with Crippen LogP contribution < -0.4 is 15.4 Å². The number of ether oxygens (including phenoxy) is 1. The second kappa shape index (κ2) is 6.96. The van der Waals surface area contributed by atoms with Crippen LogP contribution in [0.3, 0.4) is 0 Å². The third-order valence-corrected chi connectivity index (χ3v) is 6.31. The van der Waals surface area contributed by atoms with Gasteiger partial charge >= 0.3 is 0 Å². The summed E-state index contributed by atoms with van der Waals surface area (Å²) in [7, 11) is 0. The molecule has 4 rings (SSSR count). The maximum absolute atomic E-state index is 12.8. The lowest BCUT2D eigenvalue weighted by Gasteiger charge is -2.28. The molecule has 3 N–H and O–H groups in total. The van der Waals surface area contributed by atoms with E-state index in [1.54, 1.807) is 0 Å². The predicted molar refractivity (Wildman–Crippen MR) is 96.6 cm³/mol. The fourth-order valence-corrected chi connectivity index (χ4v) is 4.79. The molecule has 1 saturated heterocycles. The molecule has 3 fully saturated rings. The SMILES string of the molecule is O=C(Nc1ccc(OC2CCCCC2O)cc1)[C@@]12CCC[C@@H]1CNC2. The molecule has 2 saturated carbocycles. The quantitative estimate of drug-likeness (QED) is 0.785. The molecule has 2 aliphatic carbocycles. The Hall–Kier alpha value is -1.59. The van der Waals surface area contributed by atoms with E-state index in [1.807, 2.05) is 24.3 Å². The van der Waals surface area contributed by atoms with Crippen molar-refractivity contribution in [3.8, 4) is 5.75 Å². The molecule has 136 valence electrons. The molecule has 0 aromatic heterocycles. The van der Waals surface area contributed by atoms with Crippen molar-refractivity contribution in [2.45, 2.75) is 57.2 Å². The smallest absolute Gasteiger partial charge is 0.232 e. The Morgan fingerprint density at radius 1 is 1.16 bits per heavy atom. The van der Waals surface area contributed by atoms with Gasteiger partial charge in [0.05, 0.1) is 11.5 Å². The summed E-state index contributed by atoms with van der Waals surface area (Å²) in [4.78, 5) is 12.8. The molecule has 0 bridgehead atoms. The number of hydrogen-bond acceptors (Lipinski definition) is 4. The third kappa shape index (κ3) is 3.27. The molecule has 5 nitrogen and oxygen atoms in total. The van der Waals surface area contributed by atoms with E-state index < -0.39 is 0 Å². The van der Waals surface area contributed by atoms with Crippen molar-refractivity contribution in [1.82, 2.24) is 5.32 Å². The summed E-state index contributed by atoms with van der Waals surface area (Å²) in [5, 5.41) is 16.5. The van der Waals surface area contributed by atoms with Gasteiger partial charge in [-0.1, -0.05) is 12.8 Å². The third-order valence-electron chi connectivity index (χ3n) is 6.31. The van der Waals surface area contributed by atoms with Gasteiger partial charge in [0.1, 0.15) is 11.9 Å². The topological polar surface area (TPSA) is 70.6 Å². The number of aliphatic hydroxyl groups is 1. The van der Waals surface area contributed by atoms with Crippen molar-refractivity contribution in [2.75, 3.05) is 18.4 Å². The molecule has 1 heterocycles. The van der Waals surface area contributed by atoms with Crippen molar-refractivity contribution < 1.29 is 14.6 Å². The number of amides is 1. The number of fused-ring (bicyclic) bond motifs is 1. The largest absolute Gasteiger partial charge is 0.488 e. The van der Waals surface area contributed by atoms with E-state index in [4.69, 9.17) is 4.74 Å². The summed E-state index contributed by atoms with van der Waals surface area (Å²) in [5.74, 6) is 1.38. The fourth-order valence-electron chi connectivity index (χ4n) is 4.79. The number of aliphatic hydroxyl groups excluding tert-OH is 1. The van der Waals surface area contributed by atoms with Crippen LogP contribution in [0, 0.1) is 11.3 Å². The lowest BCUT2D eigenvalue weighted by atomic mass is 9.80. The van der Waals surface area contributed by atoms with Gasteiger partial charge in [0, 0.05) is 12.2 Å². The Morgan fingerprint density at radius 2 is 1.96 bits per heavy atom. The van der Waals surface area contributed by atoms with Gasteiger partial charge in [0.15, 0.2) is 0 Å². The summed E-state index contributed by atoms with van der Waals surface area (Å²) < 4.78 is 5.92. The number of hydrogen-bond donors (Lipinski definition) is 3. The van der Waals surface area contributed by atoms with Crippen LogP contribution in [0.1, 0.15) is 44.9 Å². The highest BCUT2D eigenvalue weighted by molar-refractivity contribution is 5.96. The minimum absolute atomic E-state index is 0.114. The monoisotopic (exact) mass is 344 g/mol. The van der Waals surface area contributed by atoms with Crippen molar-refractivity contribution in [3.63, 3.8) is 0 Å². The molecule has 3 aliphatic rings. The first-order chi connectivity index (χ1) is 12.2. The number of benzene rings is 1. The molecule has 2 unspecified atom stereocenters. The fraction of sp³-hybridized carbons (Fsp3) is 0.650. The normalized spacial score (nSPS) is 34.5. The first-order valence-electron chi connectivity index (χ1n) is 9.64. The zero-order chi connectivity index (χ0) is 17.3. The molecular formula is C20H28N2O3. The molecule has 4 atom stereocenters. The second-order valence-corrected chi connectivity index (χ2v) is 7.86. The average molecular weight is 344 g/mol. The summed E-state index contributed by atoms with van der Waals surface area (Å²) in [6.07, 6.45) is 6.69. The molecule has 1 aromatic carbocycles. The van der Waals surface area contributed by atoms with Crippen molar-refractivity contribution in [2.24, 2.45) is 11.3 Å². The number of rotatable bonds is 4. The zero-order valence-corrected chi connectivity index (χ0v) is 14.7. The van der Waals surface area contributed by atoms with Crippen molar-refractivity contribution in [3.05, 3.63) is 24.3 Å². The Morgan fingerprint density at radius 3 is 2.76 bits per heavy atom. The molecule has 0 radical (unpaired) electrons. The first-order valence-corrected chi connectivity index (χ1v) is 9.64. The highest BCUT2D eigenvalue weighted by Gasteiger charge is 2.51. The van der Waals surface area contributed by atoms with Gasteiger partial charge in [0.25, 0.3) is 0 Å². The van der Waals surface area contributed by atoms with Crippen molar-refractivity contribution >= 4 is 11.6 Å². The predicted octanol–water partition coefficient (Wildman–Crippen LogP) is 2.70. The van der Waals surface area contributed by atoms with Crippen molar-refractivity contribution in [1.29, 1.82) is 0 Å². The Bertz CT molecular complexity index is 606. The van der Waals surface area contributed by atoms with Gasteiger partial charge in [-0.25, -0.2) is 0 Å². The van der Waals surface area contributed by atoms with E-state index >= 15 is 0 Å². The lowest BCUT2D eigenvalue weighted by molar-refractivity contribution is -0.125. The van der Waals surface area contributed by atoms with Gasteiger partial charge in [-0.15, -0.1) is 0 Å². The van der Waals surface area contributed by atoms with Gasteiger partial charge in [-0.3, -0.25) is 4.79 Å². The molecule has 25 heavy (non-hydrogen) atoms. The molecule has 1 aromatic rings. The summed E-state index contributed by atoms with van der Waals surface area (Å²) in [6, 6.07) is 7.55. The molecule has 1 amide bonds. The number of carbonyl (C=O) groups excluding carboxylic acids is 1. The van der Waals surface area contributed by atoms with E-state index in [-0.39, 0.29) is 23.5 Å². The van der Waals surface area contributed by atoms with Gasteiger partial charge in [0.2, 0.25) is 5.91 Å². The van der Waals surface area contributed by atoms with E-state index in [9.17, 15) is 9.90 Å². The number of nitrogens with one attached hydrogen (secondary N) is 2. The number of anilines is 1. The van der Waals surface area contributed by atoms with Crippen LogP contribution in [0.5, 0.6) is 5.75 Å². The minimum Gasteiger partial charge on any atom is -0.488 e. The highest BCUT2D eigenvalue weighted by atomic mass is 16.5. The van der Waals surface area contributed by atoms with Gasteiger partial charge in [-0.2, -0.15) is 0 Å². The van der Waals surface area contributed by atoms with E-state index in [0.717, 1.165) is 69.5 Å². The Kier molecular flexibility index (Phi) is 4.69. The summed E-state index contributed by atoms with van der Waals surface area (Å²) in [6.45, 7) is 1.76. The second-order valence-electron chi connectivity index (χ2n) is 7.86. The van der Waals surface area contributed by atoms with Crippen LogP contribution in [0.2, 0.25) is 0 Å². The van der Waals surface area contributed by atoms with Crippen LogP contribution in [-0.4, -0.2) is 36.3 Å². The summed E-state index contributed by atoms with van der Waals surface area (Å²) in [5.41, 5.74) is 0.593. The van der Waals surface area contributed by atoms with Gasteiger partial charge < -0.3 is 20.5 Å². The lowest BCUT2D eigenvalue weighted by Crippen LogP contribution is -2.39. The van der Waals surface area contributed by atoms with E-state index in [2.05, 4.69) is 10.6 Å². The van der Waals surface area contributed by atoms with Crippen LogP contribution in [0.15, 0.2) is 24.3 Å².